The average Bonchev–Trinajstić information content (AvgIpc) is 2.64. The summed E-state index contributed by atoms with van der Waals surface area (Å²) in [6.45, 7) is 7.71. The van der Waals surface area contributed by atoms with Gasteiger partial charge in [-0.3, -0.25) is 0 Å². The maximum atomic E-state index is 12.0. The van der Waals surface area contributed by atoms with Gasteiger partial charge in [-0.25, -0.2) is 8.42 Å². The molecule has 0 aromatic heterocycles. The zero-order valence-electron chi connectivity index (χ0n) is 10.5. The first-order valence-electron chi connectivity index (χ1n) is 6.07. The van der Waals surface area contributed by atoms with E-state index in [0.29, 0.717) is 24.7 Å². The smallest absolute Gasteiger partial charge is 0.155 e. The third-order valence-corrected chi connectivity index (χ3v) is 7.29. The van der Waals surface area contributed by atoms with Gasteiger partial charge in [-0.15, -0.1) is 0 Å². The lowest BCUT2D eigenvalue weighted by atomic mass is 9.86. The van der Waals surface area contributed by atoms with Crippen LogP contribution in [0.4, 0.5) is 0 Å². The van der Waals surface area contributed by atoms with E-state index in [1.165, 1.54) is 0 Å². The minimum Gasteiger partial charge on any atom is -0.389 e. The molecule has 2 aliphatic carbocycles. The molecule has 2 fully saturated rings. The van der Waals surface area contributed by atoms with Crippen molar-refractivity contribution in [2.24, 2.45) is 17.3 Å². The third kappa shape index (κ3) is 1.61. The molecule has 0 spiro atoms. The minimum absolute atomic E-state index is 0.131. The Morgan fingerprint density at radius 2 is 1.81 bits per heavy atom. The summed E-state index contributed by atoms with van der Waals surface area (Å²) in [5.74, 6) is 1.12. The molecule has 0 amide bonds. The van der Waals surface area contributed by atoms with Gasteiger partial charge in [0.25, 0.3) is 0 Å². The van der Waals surface area contributed by atoms with Crippen LogP contribution in [0.25, 0.3) is 0 Å². The quantitative estimate of drug-likeness (QED) is 0.805. The van der Waals surface area contributed by atoms with E-state index in [-0.39, 0.29) is 11.2 Å². The predicted molar refractivity (Wildman–Crippen MR) is 63.9 cm³/mol. The molecule has 4 heteroatoms. The highest BCUT2D eigenvalue weighted by molar-refractivity contribution is 7.92. The monoisotopic (exact) mass is 246 g/mol. The van der Waals surface area contributed by atoms with Crippen LogP contribution in [0.1, 0.15) is 40.5 Å². The second-order valence-corrected chi connectivity index (χ2v) is 8.74. The Labute approximate surface area is 98.2 Å². The van der Waals surface area contributed by atoms with Gasteiger partial charge in [0, 0.05) is 5.75 Å². The first-order valence-corrected chi connectivity index (χ1v) is 7.78. The van der Waals surface area contributed by atoms with Gasteiger partial charge in [-0.2, -0.15) is 0 Å². The predicted octanol–water partition coefficient (Wildman–Crippen LogP) is 1.61. The maximum absolute atomic E-state index is 12.0. The summed E-state index contributed by atoms with van der Waals surface area (Å²) < 4.78 is 24.0. The summed E-state index contributed by atoms with van der Waals surface area (Å²) in [5, 5.41) is 9.79. The third-order valence-electron chi connectivity index (χ3n) is 4.92. The highest BCUT2D eigenvalue weighted by Crippen LogP contribution is 2.67. The molecule has 2 aliphatic rings. The zero-order valence-corrected chi connectivity index (χ0v) is 11.3. The minimum atomic E-state index is -3.14. The molecule has 1 N–H and O–H groups in total. The van der Waals surface area contributed by atoms with Crippen molar-refractivity contribution in [3.05, 3.63) is 0 Å². The van der Waals surface area contributed by atoms with Crippen LogP contribution in [-0.4, -0.2) is 30.1 Å². The molecule has 0 bridgehead atoms. The van der Waals surface area contributed by atoms with E-state index in [0.717, 1.165) is 0 Å². The molecule has 0 aromatic carbocycles. The van der Waals surface area contributed by atoms with Crippen molar-refractivity contribution in [3.63, 3.8) is 0 Å². The summed E-state index contributed by atoms with van der Waals surface area (Å²) in [7, 11) is -3.14. The SMILES string of the molecule is CCS(=O)(=O)C1CC2C(CC1(C)O)C2(C)C. The molecule has 94 valence electrons. The number of hydrogen-bond donors (Lipinski definition) is 1. The topological polar surface area (TPSA) is 54.4 Å². The highest BCUT2D eigenvalue weighted by atomic mass is 32.2. The Balaban J connectivity index is 2.28. The molecular formula is C12H22O3S. The number of hydrogen-bond acceptors (Lipinski definition) is 3. The lowest BCUT2D eigenvalue weighted by molar-refractivity contribution is 0.0217. The normalized spacial score (nSPS) is 46.2. The van der Waals surface area contributed by atoms with Crippen molar-refractivity contribution < 1.29 is 13.5 Å². The Kier molecular flexibility index (Phi) is 2.49. The summed E-state index contributed by atoms with van der Waals surface area (Å²) in [6.07, 6.45) is 1.27. The van der Waals surface area contributed by atoms with Crippen LogP contribution in [0, 0.1) is 17.3 Å². The molecule has 16 heavy (non-hydrogen) atoms. The second kappa shape index (κ2) is 3.22. The van der Waals surface area contributed by atoms with Crippen LogP contribution < -0.4 is 0 Å². The maximum Gasteiger partial charge on any atom is 0.155 e. The molecule has 4 unspecified atom stereocenters. The molecule has 0 aliphatic heterocycles. The molecule has 0 radical (unpaired) electrons. The molecule has 4 atom stereocenters. The number of sulfone groups is 1. The van der Waals surface area contributed by atoms with Gasteiger partial charge in [-0.1, -0.05) is 20.8 Å². The van der Waals surface area contributed by atoms with E-state index in [4.69, 9.17) is 0 Å². The van der Waals surface area contributed by atoms with Gasteiger partial charge in [0.2, 0.25) is 0 Å². The standard InChI is InChI=1S/C12H22O3S/c1-5-16(14,15)10-6-8-9(11(8,2)3)7-12(10,4)13/h8-10,13H,5-7H2,1-4H3. The van der Waals surface area contributed by atoms with E-state index in [9.17, 15) is 13.5 Å². The molecule has 2 rings (SSSR count). The molecule has 2 saturated carbocycles. The fourth-order valence-corrected chi connectivity index (χ4v) is 5.30. The summed E-state index contributed by atoms with van der Waals surface area (Å²) >= 11 is 0. The van der Waals surface area contributed by atoms with E-state index in [1.54, 1.807) is 13.8 Å². The van der Waals surface area contributed by atoms with Crippen molar-refractivity contribution in [2.75, 3.05) is 5.75 Å². The van der Waals surface area contributed by atoms with Gasteiger partial charge in [0.1, 0.15) is 0 Å². The Hall–Kier alpha value is -0.0900. The lowest BCUT2D eigenvalue weighted by Crippen LogP contribution is -2.48. The summed E-state index contributed by atoms with van der Waals surface area (Å²) in [4.78, 5) is 0. The van der Waals surface area contributed by atoms with Crippen molar-refractivity contribution in [2.45, 2.75) is 51.4 Å². The molecular weight excluding hydrogens is 224 g/mol. The van der Waals surface area contributed by atoms with Crippen LogP contribution in [0.2, 0.25) is 0 Å². The van der Waals surface area contributed by atoms with Crippen molar-refractivity contribution in [3.8, 4) is 0 Å². The van der Waals surface area contributed by atoms with E-state index >= 15 is 0 Å². The van der Waals surface area contributed by atoms with Crippen molar-refractivity contribution in [1.82, 2.24) is 0 Å². The first kappa shape index (κ1) is 12.4. The lowest BCUT2D eigenvalue weighted by Gasteiger charge is -2.35. The second-order valence-electron chi connectivity index (χ2n) is 6.27. The van der Waals surface area contributed by atoms with E-state index < -0.39 is 20.7 Å². The van der Waals surface area contributed by atoms with Gasteiger partial charge >= 0.3 is 0 Å². The van der Waals surface area contributed by atoms with Crippen molar-refractivity contribution in [1.29, 1.82) is 0 Å². The number of fused-ring (bicyclic) bond motifs is 1. The van der Waals surface area contributed by atoms with Gasteiger partial charge in [0.05, 0.1) is 10.9 Å². The molecule has 0 heterocycles. The summed E-state index contributed by atoms with van der Waals surface area (Å²) in [6, 6.07) is 0. The van der Waals surface area contributed by atoms with E-state index in [2.05, 4.69) is 13.8 Å². The Morgan fingerprint density at radius 3 is 2.31 bits per heavy atom. The van der Waals surface area contributed by atoms with Crippen LogP contribution in [0.15, 0.2) is 0 Å². The number of rotatable bonds is 2. The van der Waals surface area contributed by atoms with Gasteiger partial charge in [0.15, 0.2) is 9.84 Å². The van der Waals surface area contributed by atoms with Crippen LogP contribution in [0.5, 0.6) is 0 Å². The van der Waals surface area contributed by atoms with Gasteiger partial charge < -0.3 is 5.11 Å². The van der Waals surface area contributed by atoms with Crippen LogP contribution >= 0.6 is 0 Å². The Morgan fingerprint density at radius 1 is 1.25 bits per heavy atom. The van der Waals surface area contributed by atoms with Crippen LogP contribution in [0.3, 0.4) is 0 Å². The molecule has 3 nitrogen and oxygen atoms in total. The molecule has 0 aromatic rings. The number of aliphatic hydroxyl groups is 1. The fraction of sp³-hybridized carbons (Fsp3) is 1.00. The molecule has 0 saturated heterocycles. The summed E-state index contributed by atoms with van der Waals surface area (Å²) in [5.41, 5.74) is -0.814. The Bertz CT molecular complexity index is 394. The van der Waals surface area contributed by atoms with Gasteiger partial charge in [-0.05, 0) is 37.0 Å². The average molecular weight is 246 g/mol. The van der Waals surface area contributed by atoms with E-state index in [1.807, 2.05) is 0 Å². The van der Waals surface area contributed by atoms with Crippen LogP contribution in [-0.2, 0) is 9.84 Å². The highest BCUT2D eigenvalue weighted by Gasteiger charge is 2.65. The van der Waals surface area contributed by atoms with Crippen molar-refractivity contribution >= 4 is 9.84 Å². The zero-order chi connectivity index (χ0) is 12.4. The fourth-order valence-electron chi connectivity index (χ4n) is 3.53. The largest absolute Gasteiger partial charge is 0.389 e. The first-order chi connectivity index (χ1) is 7.13.